The van der Waals surface area contributed by atoms with Gasteiger partial charge in [0.1, 0.15) is 6.61 Å². The van der Waals surface area contributed by atoms with Gasteiger partial charge >= 0.3 is 0 Å². The van der Waals surface area contributed by atoms with E-state index in [0.717, 1.165) is 0 Å². The van der Waals surface area contributed by atoms with E-state index in [9.17, 15) is 0 Å². The van der Waals surface area contributed by atoms with Crippen LogP contribution in [0.2, 0.25) is 0 Å². The monoisotopic (exact) mass is 209 g/mol. The molecular weight excluding hydrogens is 198 g/mol. The number of benzene rings is 1. The maximum Gasteiger partial charge on any atom is 0.179 e. The molecule has 6 nitrogen and oxygen atoms in total. The smallest absolute Gasteiger partial charge is 0.179 e. The van der Waals surface area contributed by atoms with Crippen LogP contribution in [0, 0.1) is 0 Å². The van der Waals surface area contributed by atoms with Crippen molar-refractivity contribution in [3.8, 4) is 5.75 Å². The first-order valence-electron chi connectivity index (χ1n) is 4.45. The van der Waals surface area contributed by atoms with E-state index in [1.807, 2.05) is 0 Å². The van der Waals surface area contributed by atoms with Gasteiger partial charge in [0, 0.05) is 7.11 Å². The van der Waals surface area contributed by atoms with Crippen molar-refractivity contribution in [2.24, 2.45) is 0 Å². The highest BCUT2D eigenvalue weighted by Gasteiger charge is 2.10. The molecule has 2 N–H and O–H groups in total. The molecule has 0 aliphatic rings. The number of methoxy groups -OCH3 is 1. The first-order valence-corrected chi connectivity index (χ1v) is 4.45. The molecule has 80 valence electrons. The zero-order chi connectivity index (χ0) is 10.7. The van der Waals surface area contributed by atoms with Gasteiger partial charge in [-0.15, -0.1) is 0 Å². The van der Waals surface area contributed by atoms with Crippen LogP contribution in [0.15, 0.2) is 16.8 Å². The van der Waals surface area contributed by atoms with Gasteiger partial charge in [0.05, 0.1) is 12.3 Å². The molecular formula is C9H11N3O3. The number of fused-ring (bicyclic) bond motifs is 1. The maximum absolute atomic E-state index is 5.68. The number of nitrogens with zero attached hydrogens (tertiary/aromatic N) is 2. The van der Waals surface area contributed by atoms with E-state index in [2.05, 4.69) is 14.9 Å². The van der Waals surface area contributed by atoms with Crippen LogP contribution in [-0.2, 0) is 4.74 Å². The second-order valence-corrected chi connectivity index (χ2v) is 2.96. The Bertz CT molecular complexity index is 455. The predicted octanol–water partition coefficient (Wildman–Crippen LogP) is 0.830. The molecule has 6 heteroatoms. The Kier molecular flexibility index (Phi) is 2.68. The average molecular weight is 209 g/mol. The molecule has 0 amide bonds. The molecule has 1 aromatic carbocycles. The summed E-state index contributed by atoms with van der Waals surface area (Å²) >= 11 is 0. The molecule has 2 aromatic rings. The van der Waals surface area contributed by atoms with E-state index in [1.54, 1.807) is 19.2 Å². The van der Waals surface area contributed by atoms with Crippen LogP contribution in [0.5, 0.6) is 5.75 Å². The summed E-state index contributed by atoms with van der Waals surface area (Å²) in [4.78, 5) is 0. The molecule has 0 bridgehead atoms. The molecule has 0 saturated carbocycles. The summed E-state index contributed by atoms with van der Waals surface area (Å²) in [6.07, 6.45) is 0. The number of aromatic nitrogens is 2. The Balaban J connectivity index is 2.27. The van der Waals surface area contributed by atoms with Crippen LogP contribution >= 0.6 is 0 Å². The summed E-state index contributed by atoms with van der Waals surface area (Å²) in [7, 11) is 1.61. The Hall–Kier alpha value is -1.82. The van der Waals surface area contributed by atoms with Gasteiger partial charge in [0.15, 0.2) is 16.8 Å². The molecule has 0 atom stereocenters. The van der Waals surface area contributed by atoms with Gasteiger partial charge in [0.25, 0.3) is 0 Å². The predicted molar refractivity (Wildman–Crippen MR) is 53.6 cm³/mol. The summed E-state index contributed by atoms with van der Waals surface area (Å²) in [6.45, 7) is 0.958. The molecule has 0 aliphatic heterocycles. The van der Waals surface area contributed by atoms with Crippen LogP contribution < -0.4 is 10.5 Å². The Morgan fingerprint density at radius 1 is 1.27 bits per heavy atom. The van der Waals surface area contributed by atoms with Crippen LogP contribution in [-0.4, -0.2) is 30.6 Å². The van der Waals surface area contributed by atoms with Gasteiger partial charge in [-0.25, -0.2) is 4.63 Å². The summed E-state index contributed by atoms with van der Waals surface area (Å²) in [5.74, 6) is 0.595. The normalized spacial score (nSPS) is 10.7. The van der Waals surface area contributed by atoms with Gasteiger partial charge < -0.3 is 15.2 Å². The van der Waals surface area contributed by atoms with Crippen molar-refractivity contribution in [2.75, 3.05) is 26.1 Å². The highest BCUT2D eigenvalue weighted by molar-refractivity contribution is 5.90. The van der Waals surface area contributed by atoms with Crippen molar-refractivity contribution < 1.29 is 14.1 Å². The zero-order valence-electron chi connectivity index (χ0n) is 8.27. The highest BCUT2D eigenvalue weighted by Crippen LogP contribution is 2.26. The minimum Gasteiger partial charge on any atom is -0.489 e. The number of hydrogen-bond acceptors (Lipinski definition) is 6. The van der Waals surface area contributed by atoms with Crippen molar-refractivity contribution in [1.29, 1.82) is 0 Å². The van der Waals surface area contributed by atoms with Crippen molar-refractivity contribution in [2.45, 2.75) is 0 Å². The fourth-order valence-electron chi connectivity index (χ4n) is 1.21. The number of hydrogen-bond donors (Lipinski definition) is 1. The SMILES string of the molecule is COCCOc1ccc(N)c2nonc12. The summed E-state index contributed by atoms with van der Waals surface area (Å²) in [5.41, 5.74) is 7.25. The molecule has 0 spiro atoms. The molecule has 15 heavy (non-hydrogen) atoms. The third-order valence-corrected chi connectivity index (χ3v) is 1.95. The van der Waals surface area contributed by atoms with E-state index in [4.69, 9.17) is 15.2 Å². The summed E-state index contributed by atoms with van der Waals surface area (Å²) in [5, 5.41) is 7.41. The zero-order valence-corrected chi connectivity index (χ0v) is 8.27. The molecule has 0 aliphatic carbocycles. The van der Waals surface area contributed by atoms with Crippen molar-refractivity contribution in [1.82, 2.24) is 10.3 Å². The van der Waals surface area contributed by atoms with E-state index in [-0.39, 0.29) is 0 Å². The van der Waals surface area contributed by atoms with Crippen molar-refractivity contribution in [3.05, 3.63) is 12.1 Å². The number of ether oxygens (including phenoxy) is 2. The van der Waals surface area contributed by atoms with E-state index in [0.29, 0.717) is 35.7 Å². The molecule has 0 saturated heterocycles. The standard InChI is InChI=1S/C9H11N3O3/c1-13-4-5-14-7-3-2-6(10)8-9(7)12-15-11-8/h2-3H,4-5,10H2,1H3. The molecule has 0 unspecified atom stereocenters. The largest absolute Gasteiger partial charge is 0.489 e. The number of rotatable bonds is 4. The number of nitrogen functional groups attached to an aromatic ring is 1. The lowest BCUT2D eigenvalue weighted by molar-refractivity contribution is 0.147. The van der Waals surface area contributed by atoms with Crippen LogP contribution in [0.1, 0.15) is 0 Å². The number of nitrogens with two attached hydrogens (primary N) is 1. The topological polar surface area (TPSA) is 83.4 Å². The first-order chi connectivity index (χ1) is 7.33. The van der Waals surface area contributed by atoms with Crippen molar-refractivity contribution >= 4 is 16.7 Å². The van der Waals surface area contributed by atoms with Gasteiger partial charge in [0.2, 0.25) is 0 Å². The van der Waals surface area contributed by atoms with Crippen LogP contribution in [0.25, 0.3) is 11.0 Å². The molecule has 0 radical (unpaired) electrons. The fourth-order valence-corrected chi connectivity index (χ4v) is 1.21. The lowest BCUT2D eigenvalue weighted by atomic mass is 10.2. The average Bonchev–Trinajstić information content (AvgIpc) is 2.71. The third kappa shape index (κ3) is 1.84. The van der Waals surface area contributed by atoms with Gasteiger partial charge in [-0.1, -0.05) is 0 Å². The maximum atomic E-state index is 5.68. The highest BCUT2D eigenvalue weighted by atomic mass is 16.6. The molecule has 0 fully saturated rings. The Labute approximate surface area is 85.9 Å². The van der Waals surface area contributed by atoms with Gasteiger partial charge in [-0.2, -0.15) is 0 Å². The second kappa shape index (κ2) is 4.14. The molecule has 1 aromatic heterocycles. The number of anilines is 1. The fraction of sp³-hybridized carbons (Fsp3) is 0.333. The quantitative estimate of drug-likeness (QED) is 0.593. The molecule has 1 heterocycles. The summed E-state index contributed by atoms with van der Waals surface area (Å²) < 4.78 is 14.9. The lowest BCUT2D eigenvalue weighted by Gasteiger charge is -2.05. The van der Waals surface area contributed by atoms with E-state index < -0.39 is 0 Å². The summed E-state index contributed by atoms with van der Waals surface area (Å²) in [6, 6.07) is 3.44. The van der Waals surface area contributed by atoms with Gasteiger partial charge in [-0.05, 0) is 22.4 Å². The van der Waals surface area contributed by atoms with E-state index >= 15 is 0 Å². The third-order valence-electron chi connectivity index (χ3n) is 1.95. The minimum atomic E-state index is 0.447. The van der Waals surface area contributed by atoms with Crippen molar-refractivity contribution in [3.63, 3.8) is 0 Å². The Morgan fingerprint density at radius 3 is 2.87 bits per heavy atom. The van der Waals surface area contributed by atoms with Crippen LogP contribution in [0.3, 0.4) is 0 Å². The van der Waals surface area contributed by atoms with Crippen LogP contribution in [0.4, 0.5) is 5.69 Å². The minimum absolute atomic E-state index is 0.447. The Morgan fingerprint density at radius 2 is 2.07 bits per heavy atom. The van der Waals surface area contributed by atoms with Gasteiger partial charge in [-0.3, -0.25) is 0 Å². The second-order valence-electron chi connectivity index (χ2n) is 2.96. The molecule has 2 rings (SSSR count). The first kappa shape index (κ1) is 9.72. The lowest BCUT2D eigenvalue weighted by Crippen LogP contribution is -2.04. The van der Waals surface area contributed by atoms with E-state index in [1.165, 1.54) is 0 Å².